The minimum absolute atomic E-state index is 0. The second kappa shape index (κ2) is 11.6. The van der Waals surface area contributed by atoms with E-state index in [1.807, 2.05) is 0 Å². The molecule has 1 amide bonds. The first-order chi connectivity index (χ1) is 8.27. The van der Waals surface area contributed by atoms with E-state index >= 15 is 0 Å². The van der Waals surface area contributed by atoms with Crippen LogP contribution in [-0.2, 0) is 4.79 Å². The monoisotopic (exact) mass is 435 g/mol. The van der Waals surface area contributed by atoms with Gasteiger partial charge in [-0.1, -0.05) is 0 Å². The maximum atomic E-state index is 12.2. The molecule has 0 spiro atoms. The fourth-order valence-electron chi connectivity index (χ4n) is 2.18. The van der Waals surface area contributed by atoms with Crippen molar-refractivity contribution in [3.8, 4) is 0 Å². The average Bonchev–Trinajstić information content (AvgIpc) is 2.86. The summed E-state index contributed by atoms with van der Waals surface area (Å²) >= 11 is -1.09. The fraction of sp³-hybridized carbons (Fsp3) is 0.929. The first-order valence-electron chi connectivity index (χ1n) is 7.19. The fourth-order valence-corrected chi connectivity index (χ4v) is 9.08. The summed E-state index contributed by atoms with van der Waals surface area (Å²) in [6.45, 7) is 6.59. The summed E-state index contributed by atoms with van der Waals surface area (Å²) in [6.07, 6.45) is 7.75. The van der Waals surface area contributed by atoms with E-state index in [-0.39, 0.29) is 17.0 Å². The van der Waals surface area contributed by atoms with Crippen LogP contribution in [0.5, 0.6) is 0 Å². The molecule has 0 aromatic rings. The average molecular weight is 434 g/mol. The van der Waals surface area contributed by atoms with Gasteiger partial charge in [-0.25, -0.2) is 0 Å². The molecule has 0 aromatic heterocycles. The Hall–Kier alpha value is 0.740. The zero-order valence-corrected chi connectivity index (χ0v) is 15.8. The van der Waals surface area contributed by atoms with Crippen molar-refractivity contribution in [3.63, 3.8) is 0 Å². The van der Waals surface area contributed by atoms with Gasteiger partial charge in [0, 0.05) is 0 Å². The molecule has 1 fully saturated rings. The predicted molar refractivity (Wildman–Crippen MR) is 75.8 cm³/mol. The topological polar surface area (TPSA) is 20.3 Å². The molecule has 0 saturated carbocycles. The summed E-state index contributed by atoms with van der Waals surface area (Å²) in [7, 11) is 0. The van der Waals surface area contributed by atoms with Crippen LogP contribution < -0.4 is 17.0 Å². The van der Waals surface area contributed by atoms with Crippen LogP contribution >= 0.6 is 0 Å². The second-order valence-electron chi connectivity index (χ2n) is 4.96. The minimum Gasteiger partial charge on any atom is -1.00 e. The summed E-state index contributed by atoms with van der Waals surface area (Å²) in [4.78, 5) is 14.3. The molecule has 0 radical (unpaired) electrons. The van der Waals surface area contributed by atoms with Gasteiger partial charge in [-0.15, -0.1) is 0 Å². The van der Waals surface area contributed by atoms with Gasteiger partial charge in [-0.3, -0.25) is 0 Å². The van der Waals surface area contributed by atoms with Crippen LogP contribution in [0.3, 0.4) is 0 Å². The normalized spacial score (nSPS) is 14.9. The van der Waals surface area contributed by atoms with Crippen LogP contribution in [0.2, 0.25) is 13.4 Å². The van der Waals surface area contributed by atoms with Crippen molar-refractivity contribution in [1.29, 1.82) is 0 Å². The minimum atomic E-state index is -1.09. The summed E-state index contributed by atoms with van der Waals surface area (Å²) in [5.74, 6) is 0.492. The van der Waals surface area contributed by atoms with Gasteiger partial charge >= 0.3 is 114 Å². The molecule has 1 heterocycles. The second-order valence-corrected chi connectivity index (χ2v) is 11.6. The molecule has 0 aromatic carbocycles. The van der Waals surface area contributed by atoms with E-state index < -0.39 is 19.6 Å². The molecule has 0 bridgehead atoms. The molecule has 2 nitrogen and oxygen atoms in total. The largest absolute Gasteiger partial charge is 1.00 e. The number of nitrogens with zero attached hydrogens (tertiary/aromatic N) is 1. The Labute approximate surface area is 130 Å². The molecule has 0 unspecified atom stereocenters. The van der Waals surface area contributed by atoms with Crippen molar-refractivity contribution in [2.24, 2.45) is 0 Å². The molecule has 0 aliphatic carbocycles. The van der Waals surface area contributed by atoms with Crippen LogP contribution in [0.25, 0.3) is 0 Å². The zero-order valence-electron chi connectivity index (χ0n) is 11.9. The standard InChI is InChI=1S/C14H28NOTe.BrH/c1-3-5-11-17(12-6-4-2)13-14(16)15-9-7-8-10-15;/h3-13H2,1-2H3;1H/q+1;/p-1. The van der Waals surface area contributed by atoms with Gasteiger partial charge in [-0.05, 0) is 0 Å². The number of hydrogen-bond acceptors (Lipinski definition) is 1. The van der Waals surface area contributed by atoms with Gasteiger partial charge in [0.15, 0.2) is 0 Å². The zero-order chi connectivity index (χ0) is 12.5. The maximum absolute atomic E-state index is 12.2. The molecule has 108 valence electrons. The first kappa shape index (κ1) is 18.7. The molecular weight excluding hydrogens is 406 g/mol. The van der Waals surface area contributed by atoms with Crippen molar-refractivity contribution < 1.29 is 21.8 Å². The van der Waals surface area contributed by atoms with E-state index in [1.165, 1.54) is 47.5 Å². The predicted octanol–water partition coefficient (Wildman–Crippen LogP) is 0.708. The van der Waals surface area contributed by atoms with Crippen LogP contribution in [0.1, 0.15) is 52.4 Å². The van der Waals surface area contributed by atoms with Crippen LogP contribution in [0, 0.1) is 0 Å². The Morgan fingerprint density at radius 3 is 2.00 bits per heavy atom. The van der Waals surface area contributed by atoms with Gasteiger partial charge in [0.1, 0.15) is 0 Å². The number of halogens is 1. The molecule has 0 N–H and O–H groups in total. The van der Waals surface area contributed by atoms with E-state index in [2.05, 4.69) is 18.7 Å². The summed E-state index contributed by atoms with van der Waals surface area (Å²) in [6, 6.07) is 0. The molecule has 1 rings (SSSR count). The molecule has 0 atom stereocenters. The first-order valence-corrected chi connectivity index (χ1v) is 12.1. The Balaban J connectivity index is 0.00000289. The van der Waals surface area contributed by atoms with Gasteiger partial charge in [0.2, 0.25) is 0 Å². The molecule has 1 aliphatic heterocycles. The number of unbranched alkanes of at least 4 members (excludes halogenated alkanes) is 2. The Morgan fingerprint density at radius 1 is 1.06 bits per heavy atom. The van der Waals surface area contributed by atoms with E-state index in [0.717, 1.165) is 17.6 Å². The number of carbonyl (C=O) groups is 1. The van der Waals surface area contributed by atoms with E-state index in [4.69, 9.17) is 0 Å². The molecular formula is C14H28BrNOTe. The molecule has 18 heavy (non-hydrogen) atoms. The van der Waals surface area contributed by atoms with E-state index in [9.17, 15) is 4.79 Å². The third kappa shape index (κ3) is 7.36. The van der Waals surface area contributed by atoms with Gasteiger partial charge in [0.25, 0.3) is 0 Å². The smallest absolute Gasteiger partial charge is 1.00 e. The SMILES string of the molecule is CCCC[Te+](CCCC)CC(=O)N1CCCC1.[Br-]. The van der Waals surface area contributed by atoms with Crippen molar-refractivity contribution in [3.05, 3.63) is 0 Å². The summed E-state index contributed by atoms with van der Waals surface area (Å²) in [5.41, 5.74) is 0. The number of likely N-dealkylation sites (tertiary alicyclic amines) is 1. The van der Waals surface area contributed by atoms with Crippen LogP contribution in [0.15, 0.2) is 0 Å². The number of amides is 1. The summed E-state index contributed by atoms with van der Waals surface area (Å²) < 4.78 is 3.81. The molecule has 1 saturated heterocycles. The van der Waals surface area contributed by atoms with Crippen molar-refractivity contribution in [2.45, 2.75) is 65.8 Å². The van der Waals surface area contributed by atoms with Crippen LogP contribution in [0.4, 0.5) is 0 Å². The Morgan fingerprint density at radius 2 is 1.56 bits per heavy atom. The number of hydrogen-bond donors (Lipinski definition) is 0. The summed E-state index contributed by atoms with van der Waals surface area (Å²) in [5, 5.41) is 0. The quantitative estimate of drug-likeness (QED) is 0.516. The van der Waals surface area contributed by atoms with E-state index in [0.29, 0.717) is 5.91 Å². The number of rotatable bonds is 8. The van der Waals surface area contributed by atoms with Gasteiger partial charge < -0.3 is 17.0 Å². The third-order valence-corrected chi connectivity index (χ3v) is 10.2. The van der Waals surface area contributed by atoms with Crippen LogP contribution in [-0.4, -0.2) is 43.4 Å². The van der Waals surface area contributed by atoms with Gasteiger partial charge in [0.05, 0.1) is 0 Å². The van der Waals surface area contributed by atoms with Crippen molar-refractivity contribution >= 4 is 25.5 Å². The molecule has 4 heteroatoms. The Bertz CT molecular complexity index is 212. The van der Waals surface area contributed by atoms with E-state index in [1.54, 1.807) is 0 Å². The number of carbonyl (C=O) groups excluding carboxylic acids is 1. The van der Waals surface area contributed by atoms with Crippen molar-refractivity contribution in [2.75, 3.05) is 13.1 Å². The van der Waals surface area contributed by atoms with Gasteiger partial charge in [-0.2, -0.15) is 0 Å². The maximum Gasteiger partial charge on any atom is -1.00 e. The third-order valence-electron chi connectivity index (χ3n) is 3.36. The Kier molecular flexibility index (Phi) is 12.0. The van der Waals surface area contributed by atoms with Crippen molar-refractivity contribution in [1.82, 2.24) is 4.90 Å². The molecule has 1 aliphatic rings.